The predicted octanol–water partition coefficient (Wildman–Crippen LogP) is 7.12. The summed E-state index contributed by atoms with van der Waals surface area (Å²) in [6.45, 7) is 10.8. The van der Waals surface area contributed by atoms with Crippen LogP contribution in [0.25, 0.3) is 10.9 Å². The second-order valence-corrected chi connectivity index (χ2v) is 11.6. The van der Waals surface area contributed by atoms with Crippen LogP contribution in [-0.4, -0.2) is 29.6 Å². The van der Waals surface area contributed by atoms with Crippen LogP contribution in [-0.2, 0) is 0 Å². The highest BCUT2D eigenvalue weighted by Gasteiger charge is 2.20. The fourth-order valence-electron chi connectivity index (χ4n) is 3.04. The molecular formula is C24H26Br3N3O3. The maximum Gasteiger partial charge on any atom is 0.282 e. The van der Waals surface area contributed by atoms with Crippen molar-refractivity contribution in [2.45, 2.75) is 40.5 Å². The van der Waals surface area contributed by atoms with Crippen molar-refractivity contribution in [3.8, 4) is 11.5 Å². The summed E-state index contributed by atoms with van der Waals surface area (Å²) in [6, 6.07) is 7.28. The predicted molar refractivity (Wildman–Crippen MR) is 144 cm³/mol. The average Bonchev–Trinajstić information content (AvgIpc) is 2.74. The summed E-state index contributed by atoms with van der Waals surface area (Å²) in [5.74, 6) is 1.75. The van der Waals surface area contributed by atoms with E-state index in [2.05, 4.69) is 78.6 Å². The number of ether oxygens (including phenoxy) is 2. The van der Waals surface area contributed by atoms with Crippen LogP contribution in [0, 0.1) is 5.41 Å². The Morgan fingerprint density at radius 1 is 1.15 bits per heavy atom. The number of halogens is 3. The molecule has 0 atom stereocenters. The molecule has 1 aromatic heterocycles. The summed E-state index contributed by atoms with van der Waals surface area (Å²) >= 11 is 10.7. The molecule has 0 unspecified atom stereocenters. The SMILES string of the molecule is COc1cc(C=Nn2c(C(C)C)nc3ccc(Br)cc3c2=O)c(Br)c(Br)c1OCC(C)(C)C. The molecule has 0 saturated carbocycles. The highest BCUT2D eigenvalue weighted by atomic mass is 79.9. The van der Waals surface area contributed by atoms with Gasteiger partial charge in [-0.15, -0.1) is 0 Å². The normalized spacial score (nSPS) is 12.2. The fourth-order valence-corrected chi connectivity index (χ4v) is 4.34. The van der Waals surface area contributed by atoms with E-state index in [0.29, 0.717) is 39.3 Å². The molecule has 33 heavy (non-hydrogen) atoms. The molecule has 0 amide bonds. The molecule has 0 N–H and O–H groups in total. The van der Waals surface area contributed by atoms with Crippen LogP contribution < -0.4 is 15.0 Å². The minimum Gasteiger partial charge on any atom is -0.493 e. The lowest BCUT2D eigenvalue weighted by Gasteiger charge is -2.21. The van der Waals surface area contributed by atoms with E-state index in [1.165, 1.54) is 4.68 Å². The van der Waals surface area contributed by atoms with E-state index in [1.807, 2.05) is 32.0 Å². The van der Waals surface area contributed by atoms with Crippen molar-refractivity contribution in [1.82, 2.24) is 9.66 Å². The average molecular weight is 644 g/mol. The van der Waals surface area contributed by atoms with Crippen molar-refractivity contribution in [2.75, 3.05) is 13.7 Å². The highest BCUT2D eigenvalue weighted by Crippen LogP contribution is 2.42. The molecule has 1 heterocycles. The zero-order valence-corrected chi connectivity index (χ0v) is 24.1. The van der Waals surface area contributed by atoms with Gasteiger partial charge in [-0.25, -0.2) is 4.98 Å². The van der Waals surface area contributed by atoms with Gasteiger partial charge >= 0.3 is 0 Å². The van der Waals surface area contributed by atoms with Gasteiger partial charge in [-0.2, -0.15) is 9.78 Å². The van der Waals surface area contributed by atoms with Gasteiger partial charge < -0.3 is 9.47 Å². The zero-order valence-electron chi connectivity index (χ0n) is 19.4. The molecule has 0 spiro atoms. The van der Waals surface area contributed by atoms with E-state index in [4.69, 9.17) is 9.47 Å². The van der Waals surface area contributed by atoms with E-state index in [0.717, 1.165) is 14.5 Å². The molecule has 3 rings (SSSR count). The Morgan fingerprint density at radius 2 is 1.85 bits per heavy atom. The largest absolute Gasteiger partial charge is 0.493 e. The number of aromatic nitrogens is 2. The van der Waals surface area contributed by atoms with E-state index in [9.17, 15) is 4.79 Å². The van der Waals surface area contributed by atoms with E-state index in [1.54, 1.807) is 19.4 Å². The highest BCUT2D eigenvalue weighted by molar-refractivity contribution is 9.13. The van der Waals surface area contributed by atoms with Crippen molar-refractivity contribution < 1.29 is 9.47 Å². The summed E-state index contributed by atoms with van der Waals surface area (Å²) < 4.78 is 15.2. The summed E-state index contributed by atoms with van der Waals surface area (Å²) in [5, 5.41) is 5.02. The Bertz CT molecular complexity index is 1280. The molecule has 0 radical (unpaired) electrons. The first-order valence-electron chi connectivity index (χ1n) is 10.4. The Labute approximate surface area is 218 Å². The van der Waals surface area contributed by atoms with Gasteiger partial charge in [0.2, 0.25) is 0 Å². The minimum atomic E-state index is -0.228. The first-order valence-corrected chi connectivity index (χ1v) is 12.8. The third-order valence-electron chi connectivity index (χ3n) is 4.69. The van der Waals surface area contributed by atoms with Gasteiger partial charge in [0.15, 0.2) is 11.5 Å². The zero-order chi connectivity index (χ0) is 24.5. The van der Waals surface area contributed by atoms with E-state index in [-0.39, 0.29) is 16.9 Å². The lowest BCUT2D eigenvalue weighted by atomic mass is 9.99. The van der Waals surface area contributed by atoms with Crippen LogP contribution in [0.5, 0.6) is 11.5 Å². The lowest BCUT2D eigenvalue weighted by molar-refractivity contribution is 0.190. The second-order valence-electron chi connectivity index (χ2n) is 9.12. The molecule has 9 heteroatoms. The number of fused-ring (bicyclic) bond motifs is 1. The maximum absolute atomic E-state index is 13.3. The molecule has 176 valence electrons. The lowest BCUT2D eigenvalue weighted by Crippen LogP contribution is -2.23. The van der Waals surface area contributed by atoms with Crippen LogP contribution in [0.15, 0.2) is 47.6 Å². The molecular weight excluding hydrogens is 618 g/mol. The Kier molecular flexibility index (Phi) is 8.07. The monoisotopic (exact) mass is 641 g/mol. The van der Waals surface area contributed by atoms with Crippen molar-refractivity contribution in [3.63, 3.8) is 0 Å². The quantitative estimate of drug-likeness (QED) is 0.268. The van der Waals surface area contributed by atoms with Crippen molar-refractivity contribution in [3.05, 3.63) is 59.4 Å². The van der Waals surface area contributed by atoms with Crippen molar-refractivity contribution in [1.29, 1.82) is 0 Å². The van der Waals surface area contributed by atoms with Crippen LogP contribution in [0.3, 0.4) is 0 Å². The van der Waals surface area contributed by atoms with E-state index >= 15 is 0 Å². The first kappa shape index (κ1) is 25.9. The van der Waals surface area contributed by atoms with Gasteiger partial charge in [0, 0.05) is 20.4 Å². The number of hydrogen-bond acceptors (Lipinski definition) is 5. The van der Waals surface area contributed by atoms with Gasteiger partial charge in [0.05, 0.1) is 35.3 Å². The van der Waals surface area contributed by atoms with Gasteiger partial charge in [-0.1, -0.05) is 50.5 Å². The van der Waals surface area contributed by atoms with Crippen LogP contribution in [0.1, 0.15) is 51.9 Å². The van der Waals surface area contributed by atoms with Gasteiger partial charge in [0.1, 0.15) is 5.82 Å². The number of methoxy groups -OCH3 is 1. The summed E-state index contributed by atoms with van der Waals surface area (Å²) in [6.07, 6.45) is 1.61. The van der Waals surface area contributed by atoms with Crippen molar-refractivity contribution in [2.24, 2.45) is 10.5 Å². The van der Waals surface area contributed by atoms with Crippen LogP contribution >= 0.6 is 47.8 Å². The second kappa shape index (κ2) is 10.3. The Morgan fingerprint density at radius 3 is 2.45 bits per heavy atom. The number of nitrogens with zero attached hydrogens (tertiary/aromatic N) is 3. The number of benzene rings is 2. The molecule has 0 aliphatic rings. The standard InChI is InChI=1S/C24H26Br3N3O3/c1-13(2)22-29-17-8-7-15(25)10-16(17)23(31)30(22)28-11-14-9-18(32-6)21(20(27)19(14)26)33-12-24(3,4)5/h7-11,13H,12H2,1-6H3. The Hall–Kier alpha value is -1.71. The van der Waals surface area contributed by atoms with Gasteiger partial charge in [0.25, 0.3) is 5.56 Å². The van der Waals surface area contributed by atoms with E-state index < -0.39 is 0 Å². The smallest absolute Gasteiger partial charge is 0.282 e. The van der Waals surface area contributed by atoms with Crippen LogP contribution in [0.2, 0.25) is 0 Å². The molecule has 0 aliphatic heterocycles. The maximum atomic E-state index is 13.3. The number of hydrogen-bond donors (Lipinski definition) is 0. The third kappa shape index (κ3) is 5.87. The summed E-state index contributed by atoms with van der Waals surface area (Å²) in [7, 11) is 1.59. The molecule has 2 aromatic carbocycles. The minimum absolute atomic E-state index is 0.000726. The molecule has 0 fully saturated rings. The van der Waals surface area contributed by atoms with Gasteiger partial charge in [-0.3, -0.25) is 4.79 Å². The molecule has 0 bridgehead atoms. The molecule has 3 aromatic rings. The number of rotatable bonds is 6. The fraction of sp³-hybridized carbons (Fsp3) is 0.375. The molecule has 6 nitrogen and oxygen atoms in total. The summed E-state index contributed by atoms with van der Waals surface area (Å²) in [5.41, 5.74) is 1.12. The van der Waals surface area contributed by atoms with Gasteiger partial charge in [-0.05, 0) is 61.5 Å². The molecule has 0 aliphatic carbocycles. The summed E-state index contributed by atoms with van der Waals surface area (Å²) in [4.78, 5) is 17.9. The van der Waals surface area contributed by atoms with Crippen molar-refractivity contribution >= 4 is 64.9 Å². The third-order valence-corrected chi connectivity index (χ3v) is 7.32. The Balaban J connectivity index is 2.11. The topological polar surface area (TPSA) is 65.7 Å². The first-order chi connectivity index (χ1) is 15.4. The molecule has 0 saturated heterocycles. The van der Waals surface area contributed by atoms with Crippen LogP contribution in [0.4, 0.5) is 0 Å².